The van der Waals surface area contributed by atoms with Crippen LogP contribution in [0.25, 0.3) is 0 Å². The molecule has 4 nitrogen and oxygen atoms in total. The highest BCUT2D eigenvalue weighted by atomic mass is 16.7. The Labute approximate surface area is 119 Å². The lowest BCUT2D eigenvalue weighted by Crippen LogP contribution is -2.50. The molecule has 1 saturated heterocycles. The van der Waals surface area contributed by atoms with E-state index in [1.165, 1.54) is 0 Å². The highest BCUT2D eigenvalue weighted by Gasteiger charge is 2.57. The van der Waals surface area contributed by atoms with Gasteiger partial charge in [-0.3, -0.25) is 4.79 Å². The molecule has 0 unspecified atom stereocenters. The second kappa shape index (κ2) is 4.68. The summed E-state index contributed by atoms with van der Waals surface area (Å²) in [6.07, 6.45) is 4.32. The van der Waals surface area contributed by atoms with E-state index in [9.17, 15) is 10.1 Å². The Kier molecular flexibility index (Phi) is 3.23. The second-order valence-corrected chi connectivity index (χ2v) is 6.51. The van der Waals surface area contributed by atoms with Crippen LogP contribution in [-0.4, -0.2) is 25.3 Å². The molecule has 3 aliphatic rings. The fraction of sp³-hybridized carbons (Fsp3) is 0.750. The van der Waals surface area contributed by atoms with Gasteiger partial charge in [0.05, 0.1) is 24.7 Å². The van der Waals surface area contributed by atoms with Crippen LogP contribution in [0.2, 0.25) is 0 Å². The first-order chi connectivity index (χ1) is 9.53. The molecule has 3 rings (SSSR count). The normalized spacial score (nSPS) is 42.0. The predicted octanol–water partition coefficient (Wildman–Crippen LogP) is 2.59. The number of hydrogen-bond acceptors (Lipinski definition) is 4. The van der Waals surface area contributed by atoms with Crippen LogP contribution in [0.1, 0.15) is 39.5 Å². The number of nitrogens with zero attached hydrogens (tertiary/aromatic N) is 1. The summed E-state index contributed by atoms with van der Waals surface area (Å²) in [5.74, 6) is 0.466. The SMILES string of the molecule is C[C@@H]1CC[C@@]2(C#N)CCC(=O)C=C2[C@@]1(C)C1OCCO1. The van der Waals surface area contributed by atoms with E-state index in [-0.39, 0.29) is 17.5 Å². The van der Waals surface area contributed by atoms with Crippen molar-refractivity contribution in [3.63, 3.8) is 0 Å². The monoisotopic (exact) mass is 275 g/mol. The maximum atomic E-state index is 11.9. The number of fused-ring (bicyclic) bond motifs is 1. The molecule has 0 aromatic heterocycles. The Morgan fingerprint density at radius 3 is 2.70 bits per heavy atom. The third-order valence-corrected chi connectivity index (χ3v) is 5.55. The minimum Gasteiger partial charge on any atom is -0.349 e. The zero-order valence-electron chi connectivity index (χ0n) is 12.1. The molecule has 2 aliphatic carbocycles. The summed E-state index contributed by atoms with van der Waals surface area (Å²) in [5.41, 5.74) is 0.0831. The molecule has 3 atom stereocenters. The molecule has 0 aromatic rings. The fourth-order valence-corrected chi connectivity index (χ4v) is 4.04. The number of rotatable bonds is 1. The third kappa shape index (κ3) is 1.77. The van der Waals surface area contributed by atoms with Crippen LogP contribution in [0.3, 0.4) is 0 Å². The largest absolute Gasteiger partial charge is 0.349 e. The van der Waals surface area contributed by atoms with Gasteiger partial charge in [-0.05, 0) is 36.8 Å². The van der Waals surface area contributed by atoms with Gasteiger partial charge in [-0.15, -0.1) is 0 Å². The van der Waals surface area contributed by atoms with Crippen molar-refractivity contribution in [3.8, 4) is 6.07 Å². The highest BCUT2D eigenvalue weighted by Crippen LogP contribution is 2.59. The van der Waals surface area contributed by atoms with Gasteiger partial charge in [0.2, 0.25) is 0 Å². The van der Waals surface area contributed by atoms with Crippen molar-refractivity contribution in [1.29, 1.82) is 5.26 Å². The zero-order valence-corrected chi connectivity index (χ0v) is 12.1. The summed E-state index contributed by atoms with van der Waals surface area (Å²) >= 11 is 0. The Morgan fingerprint density at radius 1 is 1.35 bits per heavy atom. The quantitative estimate of drug-likeness (QED) is 0.738. The van der Waals surface area contributed by atoms with Crippen LogP contribution >= 0.6 is 0 Å². The van der Waals surface area contributed by atoms with E-state index >= 15 is 0 Å². The first-order valence-electron chi connectivity index (χ1n) is 7.43. The lowest BCUT2D eigenvalue weighted by atomic mass is 9.52. The van der Waals surface area contributed by atoms with E-state index in [0.717, 1.165) is 18.4 Å². The van der Waals surface area contributed by atoms with Crippen molar-refractivity contribution >= 4 is 5.78 Å². The van der Waals surface area contributed by atoms with Crippen LogP contribution in [-0.2, 0) is 14.3 Å². The van der Waals surface area contributed by atoms with Gasteiger partial charge in [-0.25, -0.2) is 0 Å². The molecule has 108 valence electrons. The Hall–Kier alpha value is -1.18. The molecular weight excluding hydrogens is 254 g/mol. The minimum absolute atomic E-state index is 0.129. The maximum Gasteiger partial charge on any atom is 0.167 e. The molecule has 20 heavy (non-hydrogen) atoms. The van der Waals surface area contributed by atoms with Crippen molar-refractivity contribution < 1.29 is 14.3 Å². The van der Waals surface area contributed by atoms with E-state index in [1.807, 2.05) is 0 Å². The van der Waals surface area contributed by atoms with Crippen molar-refractivity contribution in [3.05, 3.63) is 11.6 Å². The molecule has 0 spiro atoms. The summed E-state index contributed by atoms with van der Waals surface area (Å²) in [5, 5.41) is 9.74. The van der Waals surface area contributed by atoms with E-state index in [1.54, 1.807) is 6.08 Å². The van der Waals surface area contributed by atoms with Crippen LogP contribution in [0.15, 0.2) is 11.6 Å². The second-order valence-electron chi connectivity index (χ2n) is 6.51. The third-order valence-electron chi connectivity index (χ3n) is 5.55. The average Bonchev–Trinajstić information content (AvgIpc) is 2.99. The van der Waals surface area contributed by atoms with Gasteiger partial charge in [-0.1, -0.05) is 13.8 Å². The number of carbonyl (C=O) groups excluding carboxylic acids is 1. The summed E-state index contributed by atoms with van der Waals surface area (Å²) in [4.78, 5) is 11.9. The summed E-state index contributed by atoms with van der Waals surface area (Å²) < 4.78 is 11.5. The van der Waals surface area contributed by atoms with Gasteiger partial charge < -0.3 is 9.47 Å². The van der Waals surface area contributed by atoms with Crippen molar-refractivity contribution in [2.24, 2.45) is 16.7 Å². The summed E-state index contributed by atoms with van der Waals surface area (Å²) in [7, 11) is 0. The van der Waals surface area contributed by atoms with Gasteiger partial charge in [-0.2, -0.15) is 5.26 Å². The van der Waals surface area contributed by atoms with Crippen molar-refractivity contribution in [1.82, 2.24) is 0 Å². The van der Waals surface area contributed by atoms with Crippen LogP contribution < -0.4 is 0 Å². The standard InChI is InChI=1S/C16H21NO3/c1-11-3-5-16(10-17)6-4-12(18)9-13(16)15(11,2)14-19-7-8-20-14/h9,11,14H,3-8H2,1-2H3/t11-,15+,16+/m1/s1. The molecule has 1 saturated carbocycles. The number of allylic oxidation sites excluding steroid dienone is 1. The van der Waals surface area contributed by atoms with Crippen molar-refractivity contribution in [2.45, 2.75) is 45.8 Å². The molecule has 0 bridgehead atoms. The molecule has 2 fully saturated rings. The lowest BCUT2D eigenvalue weighted by molar-refractivity contribution is -0.145. The van der Waals surface area contributed by atoms with Gasteiger partial charge >= 0.3 is 0 Å². The number of ketones is 1. The molecule has 0 aromatic carbocycles. The topological polar surface area (TPSA) is 59.3 Å². The van der Waals surface area contributed by atoms with Gasteiger partial charge in [0.1, 0.15) is 0 Å². The van der Waals surface area contributed by atoms with E-state index in [2.05, 4.69) is 19.9 Å². The number of carbonyl (C=O) groups is 1. The molecule has 1 aliphatic heterocycles. The first kappa shape index (κ1) is 13.8. The Morgan fingerprint density at radius 2 is 2.05 bits per heavy atom. The zero-order chi connectivity index (χ0) is 14.4. The van der Waals surface area contributed by atoms with Crippen molar-refractivity contribution in [2.75, 3.05) is 13.2 Å². The predicted molar refractivity (Wildman–Crippen MR) is 72.6 cm³/mol. The smallest absolute Gasteiger partial charge is 0.167 e. The Bertz CT molecular complexity index is 500. The Balaban J connectivity index is 2.10. The van der Waals surface area contributed by atoms with Crippen LogP contribution in [0.4, 0.5) is 0 Å². The number of ether oxygens (including phenoxy) is 2. The molecule has 0 radical (unpaired) electrons. The average molecular weight is 275 g/mol. The van der Waals surface area contributed by atoms with Crippen LogP contribution in [0, 0.1) is 28.1 Å². The molecular formula is C16H21NO3. The molecule has 1 heterocycles. The molecule has 0 N–H and O–H groups in total. The first-order valence-corrected chi connectivity index (χ1v) is 7.43. The summed E-state index contributed by atoms with van der Waals surface area (Å²) in [6.45, 7) is 5.46. The maximum absolute atomic E-state index is 11.9. The fourth-order valence-electron chi connectivity index (χ4n) is 4.04. The van der Waals surface area contributed by atoms with Gasteiger partial charge in [0.25, 0.3) is 0 Å². The van der Waals surface area contributed by atoms with E-state index in [4.69, 9.17) is 9.47 Å². The van der Waals surface area contributed by atoms with Gasteiger partial charge in [0.15, 0.2) is 12.1 Å². The van der Waals surface area contributed by atoms with E-state index in [0.29, 0.717) is 32.0 Å². The number of hydrogen-bond donors (Lipinski definition) is 0. The molecule has 0 amide bonds. The summed E-state index contributed by atoms with van der Waals surface area (Å²) in [6, 6.07) is 2.51. The van der Waals surface area contributed by atoms with Crippen LogP contribution in [0.5, 0.6) is 0 Å². The highest BCUT2D eigenvalue weighted by molar-refractivity contribution is 5.92. The molecule has 4 heteroatoms. The number of nitriles is 1. The van der Waals surface area contributed by atoms with E-state index < -0.39 is 5.41 Å². The van der Waals surface area contributed by atoms with Gasteiger partial charge in [0, 0.05) is 11.8 Å². The lowest BCUT2D eigenvalue weighted by Gasteiger charge is -2.52. The minimum atomic E-state index is -0.496.